The van der Waals surface area contributed by atoms with Gasteiger partial charge in [0.15, 0.2) is 0 Å². The summed E-state index contributed by atoms with van der Waals surface area (Å²) in [7, 11) is 0. The Labute approximate surface area is 121 Å². The molecule has 0 heterocycles. The quantitative estimate of drug-likeness (QED) is 0.662. The van der Waals surface area contributed by atoms with E-state index in [1.54, 1.807) is 4.90 Å². The van der Waals surface area contributed by atoms with Crippen LogP contribution in [0.3, 0.4) is 0 Å². The lowest BCUT2D eigenvalue weighted by molar-refractivity contribution is -0.119. The number of carbonyl (C=O) groups is 1. The van der Waals surface area contributed by atoms with Crippen molar-refractivity contribution in [3.63, 3.8) is 0 Å². The average Bonchev–Trinajstić information content (AvgIpc) is 2.63. The van der Waals surface area contributed by atoms with Gasteiger partial charge in [-0.05, 0) is 54.4 Å². The number of hydrogen-bond acceptors (Lipinski definition) is 2. The molecule has 0 atom stereocenters. The number of benzene rings is 1. The maximum Gasteiger partial charge on any atom is 0.210 e. The summed E-state index contributed by atoms with van der Waals surface area (Å²) in [4.78, 5) is 12.9. The number of amides is 1. The predicted octanol–water partition coefficient (Wildman–Crippen LogP) is 3.28. The first kappa shape index (κ1) is 14.9. The number of nitrogens with zero attached hydrogens (tertiary/aromatic N) is 1. The molecule has 2 rings (SSSR count). The third kappa shape index (κ3) is 3.75. The topological polar surface area (TPSA) is 40.5 Å². The Kier molecular flexibility index (Phi) is 5.05. The first-order chi connectivity index (χ1) is 9.60. The molecule has 1 N–H and O–H groups in total. The van der Waals surface area contributed by atoms with Crippen LogP contribution < -0.4 is 0 Å². The van der Waals surface area contributed by atoms with Gasteiger partial charge >= 0.3 is 0 Å². The normalized spacial score (nSPS) is 14.8. The molecule has 0 radical (unpaired) electrons. The number of aromatic hydroxyl groups is 1. The third-order valence-corrected chi connectivity index (χ3v) is 3.89. The average molecular weight is 275 g/mol. The largest absolute Gasteiger partial charge is 0.508 e. The molecule has 1 aromatic rings. The zero-order valence-electron chi connectivity index (χ0n) is 12.6. The summed E-state index contributed by atoms with van der Waals surface area (Å²) in [5.74, 6) is 0.865. The van der Waals surface area contributed by atoms with Crippen LogP contribution in [0.1, 0.15) is 49.8 Å². The van der Waals surface area contributed by atoms with Crippen molar-refractivity contribution in [3.05, 3.63) is 28.8 Å². The molecule has 0 bridgehead atoms. The summed E-state index contributed by atoms with van der Waals surface area (Å²) in [5.41, 5.74) is 3.43. The molecule has 0 spiro atoms. The van der Waals surface area contributed by atoms with Gasteiger partial charge in [0.1, 0.15) is 5.75 Å². The van der Waals surface area contributed by atoms with E-state index in [-0.39, 0.29) is 0 Å². The number of carbonyl (C=O) groups excluding carboxylic acids is 1. The minimum atomic E-state index is 0.412. The van der Waals surface area contributed by atoms with E-state index in [2.05, 4.69) is 19.9 Å². The number of hydrogen-bond donors (Lipinski definition) is 1. The second kappa shape index (κ2) is 6.78. The lowest BCUT2D eigenvalue weighted by atomic mass is 9.98. The Morgan fingerprint density at radius 2 is 2.00 bits per heavy atom. The zero-order valence-corrected chi connectivity index (χ0v) is 12.6. The Hall–Kier alpha value is -1.51. The van der Waals surface area contributed by atoms with Crippen LogP contribution >= 0.6 is 0 Å². The predicted molar refractivity (Wildman–Crippen MR) is 80.7 cm³/mol. The molecule has 3 heteroatoms. The molecule has 1 aromatic carbocycles. The maximum absolute atomic E-state index is 11.1. The van der Waals surface area contributed by atoms with Crippen molar-refractivity contribution in [2.24, 2.45) is 5.92 Å². The highest BCUT2D eigenvalue weighted by Crippen LogP contribution is 2.30. The van der Waals surface area contributed by atoms with Gasteiger partial charge in [0, 0.05) is 13.1 Å². The molecule has 1 aliphatic rings. The maximum atomic E-state index is 11.1. The monoisotopic (exact) mass is 275 g/mol. The van der Waals surface area contributed by atoms with Gasteiger partial charge in [-0.3, -0.25) is 4.79 Å². The number of phenolic OH excluding ortho intramolecular Hbond substituents is 1. The van der Waals surface area contributed by atoms with Crippen molar-refractivity contribution < 1.29 is 9.90 Å². The highest BCUT2D eigenvalue weighted by Gasteiger charge is 2.14. The molecule has 0 fully saturated rings. The van der Waals surface area contributed by atoms with Gasteiger partial charge in [-0.25, -0.2) is 0 Å². The fourth-order valence-electron chi connectivity index (χ4n) is 3.03. The van der Waals surface area contributed by atoms with Crippen LogP contribution in [0.2, 0.25) is 0 Å². The minimum absolute atomic E-state index is 0.412. The minimum Gasteiger partial charge on any atom is -0.508 e. The van der Waals surface area contributed by atoms with E-state index < -0.39 is 0 Å². The lowest BCUT2D eigenvalue weighted by Crippen LogP contribution is -2.25. The van der Waals surface area contributed by atoms with Gasteiger partial charge in [0.25, 0.3) is 0 Å². The van der Waals surface area contributed by atoms with Gasteiger partial charge in [-0.15, -0.1) is 0 Å². The van der Waals surface area contributed by atoms with Crippen molar-refractivity contribution in [1.82, 2.24) is 4.90 Å². The number of aryl methyl sites for hydroxylation is 1. The summed E-state index contributed by atoms with van der Waals surface area (Å²) >= 11 is 0. The second-order valence-electron chi connectivity index (χ2n) is 6.24. The fraction of sp³-hybridized carbons (Fsp3) is 0.588. The summed E-state index contributed by atoms with van der Waals surface area (Å²) in [6.07, 6.45) is 6.51. The van der Waals surface area contributed by atoms with Crippen LogP contribution in [0.15, 0.2) is 12.1 Å². The molecular formula is C17H25NO2. The lowest BCUT2D eigenvalue weighted by Gasteiger charge is -2.21. The molecule has 0 saturated heterocycles. The van der Waals surface area contributed by atoms with E-state index in [1.165, 1.54) is 18.4 Å². The first-order valence-corrected chi connectivity index (χ1v) is 7.63. The van der Waals surface area contributed by atoms with Crippen molar-refractivity contribution >= 4 is 6.41 Å². The van der Waals surface area contributed by atoms with E-state index in [0.717, 1.165) is 43.3 Å². The number of phenols is 1. The van der Waals surface area contributed by atoms with Crippen LogP contribution in [-0.4, -0.2) is 23.0 Å². The fourth-order valence-corrected chi connectivity index (χ4v) is 3.03. The van der Waals surface area contributed by atoms with Crippen molar-refractivity contribution in [2.75, 3.05) is 6.54 Å². The van der Waals surface area contributed by atoms with E-state index >= 15 is 0 Å². The van der Waals surface area contributed by atoms with Crippen molar-refractivity contribution in [1.29, 1.82) is 0 Å². The van der Waals surface area contributed by atoms with E-state index in [9.17, 15) is 9.90 Å². The first-order valence-electron chi connectivity index (χ1n) is 7.63. The SMILES string of the molecule is CC(C)CN(C=O)Cc1cc(O)c2c(c1)CCCCC2. The van der Waals surface area contributed by atoms with Crippen LogP contribution in [0.5, 0.6) is 5.75 Å². The Bertz CT molecular complexity index is 468. The molecule has 1 aliphatic carbocycles. The molecule has 0 unspecified atom stereocenters. The molecular weight excluding hydrogens is 250 g/mol. The van der Waals surface area contributed by atoms with Gasteiger partial charge in [-0.2, -0.15) is 0 Å². The number of rotatable bonds is 5. The second-order valence-corrected chi connectivity index (χ2v) is 6.24. The summed E-state index contributed by atoms with van der Waals surface area (Å²) in [6, 6.07) is 4.01. The molecule has 3 nitrogen and oxygen atoms in total. The number of fused-ring (bicyclic) bond motifs is 1. The van der Waals surface area contributed by atoms with Gasteiger partial charge < -0.3 is 10.0 Å². The Morgan fingerprint density at radius 3 is 2.70 bits per heavy atom. The molecule has 0 aliphatic heterocycles. The summed E-state index contributed by atoms with van der Waals surface area (Å²) in [6.45, 7) is 5.54. The van der Waals surface area contributed by atoms with E-state index in [0.29, 0.717) is 18.2 Å². The summed E-state index contributed by atoms with van der Waals surface area (Å²) in [5, 5.41) is 10.2. The zero-order chi connectivity index (χ0) is 14.5. The molecule has 20 heavy (non-hydrogen) atoms. The highest BCUT2D eigenvalue weighted by molar-refractivity contribution is 5.49. The summed E-state index contributed by atoms with van der Waals surface area (Å²) < 4.78 is 0. The van der Waals surface area contributed by atoms with E-state index in [4.69, 9.17) is 0 Å². The molecule has 0 saturated carbocycles. The standard InChI is InChI=1S/C17H25NO2/c1-13(2)10-18(12-19)11-14-8-15-6-4-3-5-7-16(15)17(20)9-14/h8-9,12-13,20H,3-7,10-11H2,1-2H3. The molecule has 0 aromatic heterocycles. The van der Waals surface area contributed by atoms with Crippen LogP contribution in [0.4, 0.5) is 0 Å². The van der Waals surface area contributed by atoms with Crippen LogP contribution in [0.25, 0.3) is 0 Å². The third-order valence-electron chi connectivity index (χ3n) is 3.89. The van der Waals surface area contributed by atoms with Gasteiger partial charge in [0.05, 0.1) is 0 Å². The smallest absolute Gasteiger partial charge is 0.210 e. The van der Waals surface area contributed by atoms with E-state index in [1.807, 2.05) is 6.07 Å². The van der Waals surface area contributed by atoms with Gasteiger partial charge in [0.2, 0.25) is 6.41 Å². The molecule has 110 valence electrons. The molecule has 1 amide bonds. The Morgan fingerprint density at radius 1 is 1.25 bits per heavy atom. The van der Waals surface area contributed by atoms with Crippen molar-refractivity contribution in [3.8, 4) is 5.75 Å². The Balaban J connectivity index is 2.18. The van der Waals surface area contributed by atoms with Gasteiger partial charge in [-0.1, -0.05) is 26.3 Å². The van der Waals surface area contributed by atoms with Crippen LogP contribution in [-0.2, 0) is 24.2 Å². The highest BCUT2D eigenvalue weighted by atomic mass is 16.3. The van der Waals surface area contributed by atoms with Crippen molar-refractivity contribution in [2.45, 2.75) is 52.5 Å². The van der Waals surface area contributed by atoms with Crippen LogP contribution in [0, 0.1) is 5.92 Å².